The molecule has 0 aromatic carbocycles. The summed E-state index contributed by atoms with van der Waals surface area (Å²) in [5.41, 5.74) is 1.77. The molecule has 0 atom stereocenters. The number of imidazole rings is 1. The molecule has 0 saturated heterocycles. The summed E-state index contributed by atoms with van der Waals surface area (Å²) < 4.78 is 1.94. The zero-order valence-corrected chi connectivity index (χ0v) is 10.6. The molecule has 0 unspecified atom stereocenters. The Balaban J connectivity index is 2.17. The van der Waals surface area contributed by atoms with Crippen LogP contribution in [0.5, 0.6) is 0 Å². The van der Waals surface area contributed by atoms with E-state index >= 15 is 0 Å². The fourth-order valence-electron chi connectivity index (χ4n) is 1.87. The fraction of sp³-hybridized carbons (Fsp3) is 0.385. The number of carboxylic acids is 1. The van der Waals surface area contributed by atoms with Crippen LogP contribution in [0.3, 0.4) is 0 Å². The number of hydrogen-bond donors (Lipinski definition) is 1. The lowest BCUT2D eigenvalue weighted by molar-refractivity contribution is -0.138. The standard InChI is InChI=1S/C13H17N3O2/c1-10(2)16(9-13(17)18)8-11-7-15-6-4-3-5-12(15)14-11/h3-7,10H,8-9H2,1-2H3,(H,17,18). The molecule has 0 fully saturated rings. The van der Waals surface area contributed by atoms with Crippen molar-refractivity contribution in [3.63, 3.8) is 0 Å². The molecule has 5 heteroatoms. The summed E-state index contributed by atoms with van der Waals surface area (Å²) in [4.78, 5) is 17.2. The van der Waals surface area contributed by atoms with Gasteiger partial charge in [0.25, 0.3) is 0 Å². The molecular weight excluding hydrogens is 230 g/mol. The predicted octanol–water partition coefficient (Wildman–Crippen LogP) is 1.63. The number of hydrogen-bond acceptors (Lipinski definition) is 3. The van der Waals surface area contributed by atoms with Crippen LogP contribution in [0.2, 0.25) is 0 Å². The summed E-state index contributed by atoms with van der Waals surface area (Å²) in [7, 11) is 0. The van der Waals surface area contributed by atoms with E-state index in [-0.39, 0.29) is 12.6 Å². The van der Waals surface area contributed by atoms with Gasteiger partial charge in [-0.1, -0.05) is 6.07 Å². The van der Waals surface area contributed by atoms with Crippen molar-refractivity contribution in [1.82, 2.24) is 14.3 Å². The monoisotopic (exact) mass is 247 g/mol. The Bertz CT molecular complexity index is 515. The molecule has 1 N–H and O–H groups in total. The third-order valence-corrected chi connectivity index (χ3v) is 2.85. The first kappa shape index (κ1) is 12.6. The topological polar surface area (TPSA) is 57.8 Å². The van der Waals surface area contributed by atoms with Gasteiger partial charge in [-0.2, -0.15) is 0 Å². The van der Waals surface area contributed by atoms with Crippen molar-refractivity contribution in [3.05, 3.63) is 36.3 Å². The van der Waals surface area contributed by atoms with Gasteiger partial charge in [-0.3, -0.25) is 9.69 Å². The van der Waals surface area contributed by atoms with E-state index in [1.54, 1.807) is 0 Å². The lowest BCUT2D eigenvalue weighted by Gasteiger charge is -2.23. The second-order valence-corrected chi connectivity index (χ2v) is 4.59. The molecule has 0 aliphatic rings. The molecular formula is C13H17N3O2. The van der Waals surface area contributed by atoms with Gasteiger partial charge in [-0.15, -0.1) is 0 Å². The Morgan fingerprint density at radius 2 is 2.28 bits per heavy atom. The minimum atomic E-state index is -0.813. The van der Waals surface area contributed by atoms with Gasteiger partial charge in [0.1, 0.15) is 5.65 Å². The normalized spacial score (nSPS) is 11.6. The Hall–Kier alpha value is -1.88. The van der Waals surface area contributed by atoms with Gasteiger partial charge in [0, 0.05) is 25.0 Å². The Labute approximate surface area is 106 Å². The van der Waals surface area contributed by atoms with Gasteiger partial charge >= 0.3 is 5.97 Å². The molecule has 96 valence electrons. The second kappa shape index (κ2) is 5.18. The van der Waals surface area contributed by atoms with Gasteiger partial charge in [0.2, 0.25) is 0 Å². The maximum atomic E-state index is 10.8. The van der Waals surface area contributed by atoms with Gasteiger partial charge in [0.05, 0.1) is 12.2 Å². The molecule has 0 aliphatic heterocycles. The van der Waals surface area contributed by atoms with E-state index in [9.17, 15) is 4.79 Å². The van der Waals surface area contributed by atoms with Crippen molar-refractivity contribution in [2.45, 2.75) is 26.4 Å². The summed E-state index contributed by atoms with van der Waals surface area (Å²) in [6, 6.07) is 5.98. The van der Waals surface area contributed by atoms with Crippen molar-refractivity contribution in [2.24, 2.45) is 0 Å². The lowest BCUT2D eigenvalue weighted by atomic mass is 10.3. The van der Waals surface area contributed by atoms with Crippen LogP contribution >= 0.6 is 0 Å². The third-order valence-electron chi connectivity index (χ3n) is 2.85. The number of pyridine rings is 1. The number of carboxylic acid groups (broad SMARTS) is 1. The van der Waals surface area contributed by atoms with Crippen LogP contribution in [0.25, 0.3) is 5.65 Å². The van der Waals surface area contributed by atoms with Gasteiger partial charge in [-0.25, -0.2) is 4.98 Å². The van der Waals surface area contributed by atoms with E-state index < -0.39 is 5.97 Å². The van der Waals surface area contributed by atoms with Crippen LogP contribution < -0.4 is 0 Å². The molecule has 0 amide bonds. The Kier molecular flexibility index (Phi) is 3.62. The average Bonchev–Trinajstić information content (AvgIpc) is 2.69. The molecule has 0 aliphatic carbocycles. The van der Waals surface area contributed by atoms with E-state index in [0.717, 1.165) is 11.3 Å². The first-order chi connectivity index (χ1) is 8.56. The first-order valence-corrected chi connectivity index (χ1v) is 5.94. The third kappa shape index (κ3) is 2.87. The molecule has 2 aromatic heterocycles. The number of rotatable bonds is 5. The summed E-state index contributed by atoms with van der Waals surface area (Å²) >= 11 is 0. The van der Waals surface area contributed by atoms with Gasteiger partial charge in [0.15, 0.2) is 0 Å². The Morgan fingerprint density at radius 1 is 1.50 bits per heavy atom. The van der Waals surface area contributed by atoms with Crippen molar-refractivity contribution >= 4 is 11.6 Å². The number of aliphatic carboxylic acids is 1. The summed E-state index contributed by atoms with van der Waals surface area (Å²) in [6.45, 7) is 4.55. The minimum absolute atomic E-state index is 0.0333. The molecule has 0 spiro atoms. The highest BCUT2D eigenvalue weighted by molar-refractivity contribution is 5.69. The quantitative estimate of drug-likeness (QED) is 0.872. The highest BCUT2D eigenvalue weighted by Crippen LogP contribution is 2.09. The number of fused-ring (bicyclic) bond motifs is 1. The first-order valence-electron chi connectivity index (χ1n) is 5.94. The maximum absolute atomic E-state index is 10.8. The van der Waals surface area contributed by atoms with Crippen LogP contribution in [0.15, 0.2) is 30.6 Å². The zero-order valence-electron chi connectivity index (χ0n) is 10.6. The lowest BCUT2D eigenvalue weighted by Crippen LogP contribution is -2.35. The van der Waals surface area contributed by atoms with Crippen LogP contribution in [0, 0.1) is 0 Å². The summed E-state index contributed by atoms with van der Waals surface area (Å²) in [5.74, 6) is -0.813. The van der Waals surface area contributed by atoms with Crippen LogP contribution in [-0.4, -0.2) is 37.9 Å². The zero-order chi connectivity index (χ0) is 13.1. The molecule has 18 heavy (non-hydrogen) atoms. The van der Waals surface area contributed by atoms with E-state index in [4.69, 9.17) is 5.11 Å². The van der Waals surface area contributed by atoms with Gasteiger partial charge in [-0.05, 0) is 26.0 Å². The second-order valence-electron chi connectivity index (χ2n) is 4.59. The Morgan fingerprint density at radius 3 is 2.89 bits per heavy atom. The fourth-order valence-corrected chi connectivity index (χ4v) is 1.87. The molecule has 0 radical (unpaired) electrons. The number of aromatic nitrogens is 2. The highest BCUT2D eigenvalue weighted by Gasteiger charge is 2.15. The number of nitrogens with zero attached hydrogens (tertiary/aromatic N) is 3. The molecule has 0 saturated carbocycles. The molecule has 5 nitrogen and oxygen atoms in total. The van der Waals surface area contributed by atoms with Crippen LogP contribution in [-0.2, 0) is 11.3 Å². The predicted molar refractivity (Wildman–Crippen MR) is 68.4 cm³/mol. The van der Waals surface area contributed by atoms with Gasteiger partial charge < -0.3 is 9.51 Å². The van der Waals surface area contributed by atoms with E-state index in [2.05, 4.69) is 4.98 Å². The van der Waals surface area contributed by atoms with E-state index in [1.165, 1.54) is 0 Å². The van der Waals surface area contributed by atoms with E-state index in [0.29, 0.717) is 6.54 Å². The van der Waals surface area contributed by atoms with Crippen LogP contribution in [0.4, 0.5) is 0 Å². The number of carbonyl (C=O) groups is 1. The minimum Gasteiger partial charge on any atom is -0.480 e. The largest absolute Gasteiger partial charge is 0.480 e. The van der Waals surface area contributed by atoms with Crippen molar-refractivity contribution in [3.8, 4) is 0 Å². The maximum Gasteiger partial charge on any atom is 0.317 e. The summed E-state index contributed by atoms with van der Waals surface area (Å²) in [5, 5.41) is 8.88. The van der Waals surface area contributed by atoms with Crippen molar-refractivity contribution < 1.29 is 9.90 Å². The smallest absolute Gasteiger partial charge is 0.317 e. The molecule has 0 bridgehead atoms. The molecule has 2 aromatic rings. The van der Waals surface area contributed by atoms with Crippen LogP contribution in [0.1, 0.15) is 19.5 Å². The highest BCUT2D eigenvalue weighted by atomic mass is 16.4. The SMILES string of the molecule is CC(C)N(CC(=O)O)Cc1cn2ccccc2n1. The van der Waals surface area contributed by atoms with Crippen molar-refractivity contribution in [2.75, 3.05) is 6.54 Å². The summed E-state index contributed by atoms with van der Waals surface area (Å²) in [6.07, 6.45) is 3.87. The molecule has 2 rings (SSSR count). The van der Waals surface area contributed by atoms with E-state index in [1.807, 2.05) is 53.7 Å². The molecule has 2 heterocycles. The average molecular weight is 247 g/mol. The van der Waals surface area contributed by atoms with Crippen molar-refractivity contribution in [1.29, 1.82) is 0 Å².